The zero-order chi connectivity index (χ0) is 17.0. The minimum absolute atomic E-state index is 0.178. The number of benzene rings is 1. The van der Waals surface area contributed by atoms with Crippen LogP contribution in [0, 0.1) is 6.92 Å². The first-order valence-corrected chi connectivity index (χ1v) is 9.36. The molecule has 0 saturated carbocycles. The van der Waals surface area contributed by atoms with Crippen molar-refractivity contribution in [3.05, 3.63) is 28.8 Å². The van der Waals surface area contributed by atoms with Gasteiger partial charge in [-0.05, 0) is 38.0 Å². The Morgan fingerprint density at radius 3 is 2.65 bits per heavy atom. The summed E-state index contributed by atoms with van der Waals surface area (Å²) in [5.74, 6) is 0. The molecular formula is C15H21ClN2O4S. The van der Waals surface area contributed by atoms with Crippen LogP contribution < -0.4 is 0 Å². The molecule has 0 atom stereocenters. The number of halogens is 1. The molecule has 23 heavy (non-hydrogen) atoms. The number of carbonyl (C=O) groups is 1. The average molecular weight is 361 g/mol. The summed E-state index contributed by atoms with van der Waals surface area (Å²) in [6.45, 7) is 5.28. The molecule has 1 aliphatic rings. The molecule has 1 aromatic rings. The SMILES string of the molecule is CCOC(=O)N1CCCN(S(=O)(=O)c2ccc(C)c(Cl)c2)CC1. The Kier molecular flexibility index (Phi) is 5.89. The van der Waals surface area contributed by atoms with Crippen LogP contribution in [0.2, 0.25) is 5.02 Å². The highest BCUT2D eigenvalue weighted by molar-refractivity contribution is 7.89. The summed E-state index contributed by atoms with van der Waals surface area (Å²) in [5.41, 5.74) is 0.829. The van der Waals surface area contributed by atoms with E-state index in [-0.39, 0.29) is 11.4 Å². The van der Waals surface area contributed by atoms with Gasteiger partial charge in [-0.3, -0.25) is 0 Å². The Morgan fingerprint density at radius 2 is 2.00 bits per heavy atom. The molecule has 0 spiro atoms. The van der Waals surface area contributed by atoms with Crippen molar-refractivity contribution in [2.24, 2.45) is 0 Å². The van der Waals surface area contributed by atoms with Crippen LogP contribution in [-0.4, -0.2) is 56.5 Å². The van der Waals surface area contributed by atoms with E-state index in [1.807, 2.05) is 6.92 Å². The van der Waals surface area contributed by atoms with Crippen molar-refractivity contribution < 1.29 is 17.9 Å². The Morgan fingerprint density at radius 1 is 1.26 bits per heavy atom. The lowest BCUT2D eigenvalue weighted by atomic mass is 10.2. The fraction of sp³-hybridized carbons (Fsp3) is 0.533. The van der Waals surface area contributed by atoms with Crippen molar-refractivity contribution >= 4 is 27.7 Å². The summed E-state index contributed by atoms with van der Waals surface area (Å²) < 4.78 is 31.8. The molecule has 1 saturated heterocycles. The van der Waals surface area contributed by atoms with E-state index in [1.165, 1.54) is 10.4 Å². The second kappa shape index (κ2) is 7.51. The highest BCUT2D eigenvalue weighted by Crippen LogP contribution is 2.23. The van der Waals surface area contributed by atoms with Crippen molar-refractivity contribution in [1.29, 1.82) is 0 Å². The van der Waals surface area contributed by atoms with E-state index in [0.717, 1.165) is 5.56 Å². The second-order valence-corrected chi connectivity index (χ2v) is 7.70. The molecule has 0 N–H and O–H groups in total. The molecule has 0 unspecified atom stereocenters. The van der Waals surface area contributed by atoms with Crippen LogP contribution in [0.4, 0.5) is 4.79 Å². The van der Waals surface area contributed by atoms with Gasteiger partial charge in [-0.15, -0.1) is 0 Å². The third-order valence-electron chi connectivity index (χ3n) is 3.76. The van der Waals surface area contributed by atoms with Gasteiger partial charge in [-0.2, -0.15) is 4.31 Å². The fourth-order valence-electron chi connectivity index (χ4n) is 2.41. The first kappa shape index (κ1) is 18.0. The summed E-state index contributed by atoms with van der Waals surface area (Å²) in [6, 6.07) is 4.72. The highest BCUT2D eigenvalue weighted by Gasteiger charge is 2.28. The number of hydrogen-bond donors (Lipinski definition) is 0. The van der Waals surface area contributed by atoms with E-state index >= 15 is 0 Å². The standard InChI is InChI=1S/C15H21ClN2O4S/c1-3-22-15(19)17-7-4-8-18(10-9-17)23(20,21)13-6-5-12(2)14(16)11-13/h5-6,11H,3-4,7-10H2,1-2H3. The minimum atomic E-state index is -3.62. The largest absolute Gasteiger partial charge is 0.450 e. The van der Waals surface area contributed by atoms with Gasteiger partial charge in [0.15, 0.2) is 0 Å². The molecule has 0 bridgehead atoms. The van der Waals surface area contributed by atoms with Gasteiger partial charge in [0.05, 0.1) is 11.5 Å². The Balaban J connectivity index is 2.14. The van der Waals surface area contributed by atoms with Crippen LogP contribution in [0.3, 0.4) is 0 Å². The predicted molar refractivity (Wildman–Crippen MR) is 88.2 cm³/mol. The molecule has 0 aromatic heterocycles. The van der Waals surface area contributed by atoms with Crippen LogP contribution >= 0.6 is 11.6 Å². The Bertz CT molecular complexity index is 678. The number of amides is 1. The molecule has 1 amide bonds. The smallest absolute Gasteiger partial charge is 0.409 e. The number of carbonyl (C=O) groups excluding carboxylic acids is 1. The molecule has 2 rings (SSSR count). The number of aryl methyl sites for hydroxylation is 1. The molecule has 1 aromatic carbocycles. The lowest BCUT2D eigenvalue weighted by Crippen LogP contribution is -2.37. The summed E-state index contributed by atoms with van der Waals surface area (Å²) in [7, 11) is -3.62. The molecule has 1 fully saturated rings. The highest BCUT2D eigenvalue weighted by atomic mass is 35.5. The Hall–Kier alpha value is -1.31. The molecule has 1 aliphatic heterocycles. The second-order valence-electron chi connectivity index (χ2n) is 5.35. The minimum Gasteiger partial charge on any atom is -0.450 e. The lowest BCUT2D eigenvalue weighted by Gasteiger charge is -2.21. The number of nitrogens with zero attached hydrogens (tertiary/aromatic N) is 2. The first-order chi connectivity index (χ1) is 10.9. The van der Waals surface area contributed by atoms with Gasteiger partial charge < -0.3 is 9.64 Å². The van der Waals surface area contributed by atoms with E-state index in [4.69, 9.17) is 16.3 Å². The first-order valence-electron chi connectivity index (χ1n) is 7.54. The maximum Gasteiger partial charge on any atom is 0.409 e. The zero-order valence-corrected chi connectivity index (χ0v) is 14.9. The van der Waals surface area contributed by atoms with E-state index in [2.05, 4.69) is 0 Å². The maximum absolute atomic E-state index is 12.7. The van der Waals surface area contributed by atoms with Gasteiger partial charge in [0.25, 0.3) is 0 Å². The lowest BCUT2D eigenvalue weighted by molar-refractivity contribution is 0.109. The third-order valence-corrected chi connectivity index (χ3v) is 6.06. The molecular weight excluding hydrogens is 340 g/mol. The van der Waals surface area contributed by atoms with Gasteiger partial charge in [0.2, 0.25) is 10.0 Å². The topological polar surface area (TPSA) is 66.9 Å². The molecule has 8 heteroatoms. The van der Waals surface area contributed by atoms with Gasteiger partial charge >= 0.3 is 6.09 Å². The van der Waals surface area contributed by atoms with Crippen LogP contribution in [0.25, 0.3) is 0 Å². The van der Waals surface area contributed by atoms with Gasteiger partial charge in [-0.1, -0.05) is 17.7 Å². The van der Waals surface area contributed by atoms with Crippen LogP contribution in [0.5, 0.6) is 0 Å². The monoisotopic (exact) mass is 360 g/mol. The predicted octanol–water partition coefficient (Wildman–Crippen LogP) is 2.50. The number of sulfonamides is 1. The van der Waals surface area contributed by atoms with Crippen molar-refractivity contribution in [3.8, 4) is 0 Å². The molecule has 1 heterocycles. The molecule has 0 aliphatic carbocycles. The summed E-state index contributed by atoms with van der Waals surface area (Å²) in [5, 5.41) is 0.425. The van der Waals surface area contributed by atoms with Crippen molar-refractivity contribution in [3.63, 3.8) is 0 Å². The molecule has 0 radical (unpaired) electrons. The van der Waals surface area contributed by atoms with Crippen molar-refractivity contribution in [2.75, 3.05) is 32.8 Å². The van der Waals surface area contributed by atoms with Crippen LogP contribution in [0.1, 0.15) is 18.9 Å². The normalized spacial score (nSPS) is 16.9. The van der Waals surface area contributed by atoms with E-state index in [9.17, 15) is 13.2 Å². The quantitative estimate of drug-likeness (QED) is 0.830. The zero-order valence-electron chi connectivity index (χ0n) is 13.3. The van der Waals surface area contributed by atoms with E-state index in [0.29, 0.717) is 37.7 Å². The van der Waals surface area contributed by atoms with Gasteiger partial charge in [0.1, 0.15) is 0 Å². The molecule has 6 nitrogen and oxygen atoms in total. The third kappa shape index (κ3) is 4.16. The summed E-state index contributed by atoms with van der Waals surface area (Å²) >= 11 is 6.04. The van der Waals surface area contributed by atoms with Gasteiger partial charge in [0, 0.05) is 31.2 Å². The maximum atomic E-state index is 12.7. The summed E-state index contributed by atoms with van der Waals surface area (Å²) in [4.78, 5) is 13.5. The van der Waals surface area contributed by atoms with Crippen molar-refractivity contribution in [1.82, 2.24) is 9.21 Å². The van der Waals surface area contributed by atoms with Gasteiger partial charge in [-0.25, -0.2) is 13.2 Å². The molecule has 128 valence electrons. The van der Waals surface area contributed by atoms with E-state index in [1.54, 1.807) is 24.0 Å². The Labute approximate surface area is 142 Å². The van der Waals surface area contributed by atoms with E-state index < -0.39 is 16.1 Å². The van der Waals surface area contributed by atoms with Crippen LogP contribution in [-0.2, 0) is 14.8 Å². The number of ether oxygens (including phenoxy) is 1. The number of rotatable bonds is 3. The fourth-order valence-corrected chi connectivity index (χ4v) is 4.16. The summed E-state index contributed by atoms with van der Waals surface area (Å²) in [6.07, 6.45) is 0.169. The average Bonchev–Trinajstić information content (AvgIpc) is 2.76. The number of hydrogen-bond acceptors (Lipinski definition) is 4. The van der Waals surface area contributed by atoms with Crippen molar-refractivity contribution in [2.45, 2.75) is 25.2 Å². The van der Waals surface area contributed by atoms with Crippen LogP contribution in [0.15, 0.2) is 23.1 Å².